The number of halogens is 1. The predicted molar refractivity (Wildman–Crippen MR) is 74.9 cm³/mol. The van der Waals surface area contributed by atoms with Gasteiger partial charge in [-0.15, -0.1) is 0 Å². The molecule has 0 bridgehead atoms. The molecule has 0 fully saturated rings. The third-order valence-corrected chi connectivity index (χ3v) is 3.03. The number of aryl methyl sites for hydroxylation is 1. The first-order valence-corrected chi connectivity index (χ1v) is 6.42. The molecule has 0 aliphatic heterocycles. The van der Waals surface area contributed by atoms with Gasteiger partial charge in [0, 0.05) is 24.2 Å². The molecule has 2 rings (SSSR count). The molecule has 100 valence electrons. The van der Waals surface area contributed by atoms with Crippen LogP contribution in [0.2, 0.25) is 0 Å². The van der Waals surface area contributed by atoms with Gasteiger partial charge in [-0.05, 0) is 38.5 Å². The van der Waals surface area contributed by atoms with Gasteiger partial charge in [0.05, 0.1) is 0 Å². The highest BCUT2D eigenvalue weighted by atomic mass is 19.1. The first kappa shape index (κ1) is 13.5. The van der Waals surface area contributed by atoms with Crippen LogP contribution in [0.5, 0.6) is 0 Å². The van der Waals surface area contributed by atoms with Crippen molar-refractivity contribution in [3.05, 3.63) is 52.7 Å². The number of rotatable bonds is 4. The van der Waals surface area contributed by atoms with Gasteiger partial charge in [0.2, 0.25) is 0 Å². The number of nitrogens with zero attached hydrogens (tertiary/aromatic N) is 2. The van der Waals surface area contributed by atoms with Crippen molar-refractivity contribution in [2.75, 3.05) is 11.9 Å². The van der Waals surface area contributed by atoms with Gasteiger partial charge in [-0.2, -0.15) is 0 Å². The molecule has 19 heavy (non-hydrogen) atoms. The van der Waals surface area contributed by atoms with E-state index < -0.39 is 0 Å². The highest BCUT2D eigenvalue weighted by Gasteiger charge is 2.08. The maximum Gasteiger partial charge on any atom is 0.135 e. The molecule has 1 aromatic carbocycles. The molecule has 0 amide bonds. The number of aromatic nitrogens is 2. The average molecular weight is 259 g/mol. The number of anilines is 1. The molecule has 1 N–H and O–H groups in total. The molecule has 2 aromatic rings. The summed E-state index contributed by atoms with van der Waals surface area (Å²) in [5.41, 5.74) is 2.90. The summed E-state index contributed by atoms with van der Waals surface area (Å²) in [6.45, 7) is 6.81. The Labute approximate surface area is 112 Å². The van der Waals surface area contributed by atoms with Gasteiger partial charge in [-0.1, -0.05) is 12.1 Å². The van der Waals surface area contributed by atoms with Crippen LogP contribution >= 0.6 is 0 Å². The molecule has 0 radical (unpaired) electrons. The van der Waals surface area contributed by atoms with Crippen LogP contribution in [-0.2, 0) is 6.42 Å². The standard InChI is InChI=1S/C15H18FN3/c1-4-17-15-10(2)11(3)18-14(19-15)9-12-6-5-7-13(16)8-12/h5-8H,4,9H2,1-3H3,(H,17,18,19). The van der Waals surface area contributed by atoms with E-state index in [0.717, 1.165) is 29.2 Å². The van der Waals surface area contributed by atoms with Crippen LogP contribution in [0, 0.1) is 19.7 Å². The van der Waals surface area contributed by atoms with Crippen molar-refractivity contribution < 1.29 is 4.39 Å². The SMILES string of the molecule is CCNc1nc(Cc2cccc(F)c2)nc(C)c1C. The summed E-state index contributed by atoms with van der Waals surface area (Å²) in [6.07, 6.45) is 0.539. The Morgan fingerprint density at radius 1 is 1.21 bits per heavy atom. The van der Waals surface area contributed by atoms with Crippen LogP contribution < -0.4 is 5.32 Å². The van der Waals surface area contributed by atoms with E-state index in [1.54, 1.807) is 6.07 Å². The average Bonchev–Trinajstić information content (AvgIpc) is 2.35. The highest BCUT2D eigenvalue weighted by molar-refractivity contribution is 5.45. The lowest BCUT2D eigenvalue weighted by Gasteiger charge is -2.11. The van der Waals surface area contributed by atoms with Crippen LogP contribution in [0.1, 0.15) is 29.6 Å². The minimum atomic E-state index is -0.228. The maximum absolute atomic E-state index is 13.2. The number of hydrogen-bond donors (Lipinski definition) is 1. The molecule has 0 saturated heterocycles. The Bertz CT molecular complexity index is 582. The van der Waals surface area contributed by atoms with Crippen molar-refractivity contribution in [3.8, 4) is 0 Å². The maximum atomic E-state index is 13.2. The van der Waals surface area contributed by atoms with Gasteiger partial charge in [0.25, 0.3) is 0 Å². The second-order valence-corrected chi connectivity index (χ2v) is 4.54. The van der Waals surface area contributed by atoms with Crippen molar-refractivity contribution in [1.82, 2.24) is 9.97 Å². The molecule has 1 aromatic heterocycles. The molecule has 3 nitrogen and oxygen atoms in total. The second-order valence-electron chi connectivity index (χ2n) is 4.54. The quantitative estimate of drug-likeness (QED) is 0.915. The van der Waals surface area contributed by atoms with Crippen LogP contribution in [0.15, 0.2) is 24.3 Å². The highest BCUT2D eigenvalue weighted by Crippen LogP contribution is 2.16. The fourth-order valence-corrected chi connectivity index (χ4v) is 1.93. The van der Waals surface area contributed by atoms with Crippen LogP contribution in [0.25, 0.3) is 0 Å². The minimum Gasteiger partial charge on any atom is -0.370 e. The second kappa shape index (κ2) is 5.78. The van der Waals surface area contributed by atoms with E-state index in [4.69, 9.17) is 0 Å². The van der Waals surface area contributed by atoms with E-state index in [1.165, 1.54) is 12.1 Å². The van der Waals surface area contributed by atoms with Gasteiger partial charge in [0.15, 0.2) is 0 Å². The summed E-state index contributed by atoms with van der Waals surface area (Å²) < 4.78 is 13.2. The van der Waals surface area contributed by atoms with Crippen molar-refractivity contribution in [1.29, 1.82) is 0 Å². The molecule has 4 heteroatoms. The Morgan fingerprint density at radius 3 is 2.68 bits per heavy atom. The Morgan fingerprint density at radius 2 is 2.00 bits per heavy atom. The van der Waals surface area contributed by atoms with Crippen LogP contribution in [0.3, 0.4) is 0 Å². The van der Waals surface area contributed by atoms with Crippen molar-refractivity contribution in [2.45, 2.75) is 27.2 Å². The van der Waals surface area contributed by atoms with E-state index in [9.17, 15) is 4.39 Å². The van der Waals surface area contributed by atoms with E-state index in [1.807, 2.05) is 26.8 Å². The monoisotopic (exact) mass is 259 g/mol. The Hall–Kier alpha value is -1.97. The fourth-order valence-electron chi connectivity index (χ4n) is 1.93. The number of hydrogen-bond acceptors (Lipinski definition) is 3. The van der Waals surface area contributed by atoms with Gasteiger partial charge >= 0.3 is 0 Å². The molecule has 0 aliphatic rings. The number of nitrogens with one attached hydrogen (secondary N) is 1. The summed E-state index contributed by atoms with van der Waals surface area (Å²) in [4.78, 5) is 8.97. The predicted octanol–water partition coefficient (Wildman–Crippen LogP) is 3.26. The first-order valence-electron chi connectivity index (χ1n) is 6.42. The minimum absolute atomic E-state index is 0.228. The Kier molecular flexibility index (Phi) is 4.10. The van der Waals surface area contributed by atoms with Crippen molar-refractivity contribution in [2.24, 2.45) is 0 Å². The molecule has 0 aliphatic carbocycles. The third-order valence-electron chi connectivity index (χ3n) is 3.03. The smallest absolute Gasteiger partial charge is 0.135 e. The van der Waals surface area contributed by atoms with Crippen LogP contribution in [0.4, 0.5) is 10.2 Å². The summed E-state index contributed by atoms with van der Waals surface area (Å²) in [5, 5.41) is 3.23. The van der Waals surface area contributed by atoms with E-state index in [-0.39, 0.29) is 5.82 Å². The largest absolute Gasteiger partial charge is 0.370 e. The lowest BCUT2D eigenvalue weighted by molar-refractivity contribution is 0.625. The summed E-state index contributed by atoms with van der Waals surface area (Å²) in [6, 6.07) is 6.55. The van der Waals surface area contributed by atoms with Gasteiger partial charge in [0.1, 0.15) is 17.5 Å². The van der Waals surface area contributed by atoms with E-state index in [0.29, 0.717) is 12.2 Å². The zero-order valence-electron chi connectivity index (χ0n) is 11.5. The zero-order chi connectivity index (χ0) is 13.8. The van der Waals surface area contributed by atoms with Crippen molar-refractivity contribution in [3.63, 3.8) is 0 Å². The fraction of sp³-hybridized carbons (Fsp3) is 0.333. The lowest BCUT2D eigenvalue weighted by Crippen LogP contribution is -2.08. The van der Waals surface area contributed by atoms with Gasteiger partial charge in [-0.3, -0.25) is 0 Å². The molecule has 1 heterocycles. The molecule has 0 spiro atoms. The normalized spacial score (nSPS) is 10.5. The van der Waals surface area contributed by atoms with Crippen molar-refractivity contribution >= 4 is 5.82 Å². The lowest BCUT2D eigenvalue weighted by atomic mass is 10.1. The molecule has 0 unspecified atom stereocenters. The summed E-state index contributed by atoms with van der Waals surface area (Å²) in [5.74, 6) is 1.35. The summed E-state index contributed by atoms with van der Waals surface area (Å²) in [7, 11) is 0. The summed E-state index contributed by atoms with van der Waals surface area (Å²) >= 11 is 0. The third kappa shape index (κ3) is 3.28. The van der Waals surface area contributed by atoms with E-state index in [2.05, 4.69) is 15.3 Å². The number of benzene rings is 1. The topological polar surface area (TPSA) is 37.8 Å². The Balaban J connectivity index is 2.30. The van der Waals surface area contributed by atoms with Gasteiger partial charge < -0.3 is 5.32 Å². The molecule has 0 atom stereocenters. The van der Waals surface area contributed by atoms with Gasteiger partial charge in [-0.25, -0.2) is 14.4 Å². The molecular weight excluding hydrogens is 241 g/mol. The van der Waals surface area contributed by atoms with Crippen LogP contribution in [-0.4, -0.2) is 16.5 Å². The first-order chi connectivity index (χ1) is 9.10. The zero-order valence-corrected chi connectivity index (χ0v) is 11.5. The molecule has 0 saturated carbocycles. The molecular formula is C15H18FN3. The van der Waals surface area contributed by atoms with E-state index >= 15 is 0 Å².